The summed E-state index contributed by atoms with van der Waals surface area (Å²) in [6.45, 7) is 1.08. The smallest absolute Gasteiger partial charge is 0.337 e. The van der Waals surface area contributed by atoms with Crippen molar-refractivity contribution in [1.82, 2.24) is 9.78 Å². The van der Waals surface area contributed by atoms with Crippen molar-refractivity contribution in [3.8, 4) is 5.75 Å². The lowest BCUT2D eigenvalue weighted by molar-refractivity contribution is 0.0601. The van der Waals surface area contributed by atoms with Gasteiger partial charge in [-0.2, -0.15) is 5.10 Å². The maximum absolute atomic E-state index is 11.3. The number of hydrogen-bond acceptors (Lipinski definition) is 5. The fourth-order valence-corrected chi connectivity index (χ4v) is 1.61. The number of anilines is 1. The molecule has 1 aromatic heterocycles. The molecule has 0 aliphatic heterocycles. The van der Waals surface area contributed by atoms with Gasteiger partial charge in [0.1, 0.15) is 12.4 Å². The highest BCUT2D eigenvalue weighted by atomic mass is 16.5. The molecule has 0 spiro atoms. The third kappa shape index (κ3) is 3.25. The fraction of sp³-hybridized carbons (Fsp3) is 0.231. The number of aromatic nitrogens is 2. The Kier molecular flexibility index (Phi) is 4.02. The van der Waals surface area contributed by atoms with Crippen LogP contribution in [-0.4, -0.2) is 29.5 Å². The van der Waals surface area contributed by atoms with Gasteiger partial charge in [0.05, 0.1) is 24.9 Å². The van der Waals surface area contributed by atoms with Crippen LogP contribution in [0.1, 0.15) is 10.4 Å². The van der Waals surface area contributed by atoms with Gasteiger partial charge in [-0.1, -0.05) is 0 Å². The van der Waals surface area contributed by atoms with Gasteiger partial charge in [-0.3, -0.25) is 4.68 Å². The third-order valence-corrected chi connectivity index (χ3v) is 2.57. The number of nitrogens with zero attached hydrogens (tertiary/aromatic N) is 2. The molecule has 1 heterocycles. The van der Waals surface area contributed by atoms with Crippen molar-refractivity contribution in [2.45, 2.75) is 6.54 Å². The first kappa shape index (κ1) is 12.9. The van der Waals surface area contributed by atoms with Crippen LogP contribution in [0.25, 0.3) is 0 Å². The zero-order valence-electron chi connectivity index (χ0n) is 10.6. The molecule has 0 atom stereocenters. The molecule has 6 heteroatoms. The van der Waals surface area contributed by atoms with Crippen LogP contribution in [0.5, 0.6) is 5.75 Å². The summed E-state index contributed by atoms with van der Waals surface area (Å²) < 4.78 is 11.9. The maximum Gasteiger partial charge on any atom is 0.337 e. The Balaban J connectivity index is 1.95. The molecule has 0 unspecified atom stereocenters. The largest absolute Gasteiger partial charge is 0.489 e. The molecule has 100 valence electrons. The first-order valence-corrected chi connectivity index (χ1v) is 5.79. The molecular weight excluding hydrogens is 246 g/mol. The minimum Gasteiger partial charge on any atom is -0.489 e. The molecule has 2 aromatic rings. The topological polar surface area (TPSA) is 79.4 Å². The molecule has 0 aliphatic carbocycles. The van der Waals surface area contributed by atoms with Crippen molar-refractivity contribution in [1.29, 1.82) is 0 Å². The number of esters is 1. The van der Waals surface area contributed by atoms with Crippen molar-refractivity contribution in [3.05, 3.63) is 42.2 Å². The summed E-state index contributed by atoms with van der Waals surface area (Å²) in [5.41, 5.74) is 6.63. The van der Waals surface area contributed by atoms with Crippen molar-refractivity contribution in [2.24, 2.45) is 0 Å². The number of nitrogens with two attached hydrogens (primary N) is 1. The van der Waals surface area contributed by atoms with Crippen molar-refractivity contribution < 1.29 is 14.3 Å². The highest BCUT2D eigenvalue weighted by Gasteiger charge is 2.08. The van der Waals surface area contributed by atoms with Crippen LogP contribution < -0.4 is 10.5 Å². The zero-order valence-corrected chi connectivity index (χ0v) is 10.6. The minimum atomic E-state index is -0.421. The Hall–Kier alpha value is -2.50. The van der Waals surface area contributed by atoms with E-state index in [-0.39, 0.29) is 0 Å². The first-order chi connectivity index (χ1) is 9.20. The second-order valence-corrected chi connectivity index (χ2v) is 3.86. The molecule has 0 fully saturated rings. The standard InChI is InChI=1S/C13H15N3O3/c1-18-13(17)10-3-4-12(11(14)9-10)19-8-7-16-6-2-5-15-16/h2-6,9H,7-8,14H2,1H3. The van der Waals surface area contributed by atoms with E-state index in [2.05, 4.69) is 9.84 Å². The molecule has 0 saturated carbocycles. The van der Waals surface area contributed by atoms with E-state index in [0.29, 0.717) is 30.2 Å². The average Bonchev–Trinajstić information content (AvgIpc) is 2.93. The van der Waals surface area contributed by atoms with Crippen molar-refractivity contribution >= 4 is 11.7 Å². The lowest BCUT2D eigenvalue weighted by Crippen LogP contribution is -2.10. The summed E-state index contributed by atoms with van der Waals surface area (Å²) in [6, 6.07) is 6.66. The van der Waals surface area contributed by atoms with Crippen LogP contribution in [0.2, 0.25) is 0 Å². The van der Waals surface area contributed by atoms with Gasteiger partial charge in [0, 0.05) is 12.4 Å². The maximum atomic E-state index is 11.3. The monoisotopic (exact) mass is 261 g/mol. The van der Waals surface area contributed by atoms with Crippen LogP contribution >= 0.6 is 0 Å². The lowest BCUT2D eigenvalue weighted by Gasteiger charge is -2.10. The van der Waals surface area contributed by atoms with E-state index >= 15 is 0 Å². The van der Waals surface area contributed by atoms with E-state index < -0.39 is 5.97 Å². The van der Waals surface area contributed by atoms with E-state index in [4.69, 9.17) is 10.5 Å². The number of rotatable bonds is 5. The van der Waals surface area contributed by atoms with Gasteiger partial charge in [-0.25, -0.2) is 4.79 Å². The number of carbonyl (C=O) groups excluding carboxylic acids is 1. The molecule has 2 rings (SSSR count). The van der Waals surface area contributed by atoms with Crippen LogP contribution in [0.15, 0.2) is 36.7 Å². The molecule has 0 aliphatic rings. The Morgan fingerprint density at radius 2 is 2.32 bits per heavy atom. The highest BCUT2D eigenvalue weighted by Crippen LogP contribution is 2.22. The van der Waals surface area contributed by atoms with Crippen molar-refractivity contribution in [2.75, 3.05) is 19.5 Å². The van der Waals surface area contributed by atoms with Crippen molar-refractivity contribution in [3.63, 3.8) is 0 Å². The van der Waals surface area contributed by atoms with E-state index in [1.807, 2.05) is 12.3 Å². The molecule has 1 aromatic carbocycles. The summed E-state index contributed by atoms with van der Waals surface area (Å²) >= 11 is 0. The Morgan fingerprint density at radius 1 is 1.47 bits per heavy atom. The minimum absolute atomic E-state index is 0.402. The molecule has 2 N–H and O–H groups in total. The van der Waals surface area contributed by atoms with Gasteiger partial charge in [-0.05, 0) is 24.3 Å². The van der Waals surface area contributed by atoms with Crippen LogP contribution in [0.4, 0.5) is 5.69 Å². The number of carbonyl (C=O) groups is 1. The Labute approximate surface area is 110 Å². The molecule has 0 amide bonds. The fourth-order valence-electron chi connectivity index (χ4n) is 1.61. The van der Waals surface area contributed by atoms with Crippen LogP contribution in [0, 0.1) is 0 Å². The predicted octanol–water partition coefficient (Wildman–Crippen LogP) is 1.33. The van der Waals surface area contributed by atoms with Gasteiger partial charge >= 0.3 is 5.97 Å². The summed E-state index contributed by atoms with van der Waals surface area (Å²) in [5, 5.41) is 4.06. The molecule has 0 bridgehead atoms. The first-order valence-electron chi connectivity index (χ1n) is 5.79. The highest BCUT2D eigenvalue weighted by molar-refractivity contribution is 5.90. The summed E-state index contributed by atoms with van der Waals surface area (Å²) in [4.78, 5) is 11.3. The summed E-state index contributed by atoms with van der Waals surface area (Å²) in [7, 11) is 1.33. The second kappa shape index (κ2) is 5.90. The molecule has 6 nitrogen and oxygen atoms in total. The van der Waals surface area contributed by atoms with E-state index in [0.717, 1.165) is 0 Å². The molecule has 0 radical (unpaired) electrons. The normalized spacial score (nSPS) is 10.2. The van der Waals surface area contributed by atoms with Crippen LogP contribution in [-0.2, 0) is 11.3 Å². The number of benzene rings is 1. The Bertz CT molecular complexity index is 552. The molecule has 19 heavy (non-hydrogen) atoms. The van der Waals surface area contributed by atoms with Gasteiger partial charge in [0.15, 0.2) is 0 Å². The van der Waals surface area contributed by atoms with Gasteiger partial charge in [-0.15, -0.1) is 0 Å². The van der Waals surface area contributed by atoms with Gasteiger partial charge < -0.3 is 15.2 Å². The predicted molar refractivity (Wildman–Crippen MR) is 69.9 cm³/mol. The quantitative estimate of drug-likeness (QED) is 0.649. The third-order valence-electron chi connectivity index (χ3n) is 2.57. The number of methoxy groups -OCH3 is 1. The second-order valence-electron chi connectivity index (χ2n) is 3.86. The average molecular weight is 261 g/mol. The number of hydrogen-bond donors (Lipinski definition) is 1. The van der Waals surface area contributed by atoms with Crippen LogP contribution in [0.3, 0.4) is 0 Å². The molecular formula is C13H15N3O3. The van der Waals surface area contributed by atoms with E-state index in [1.165, 1.54) is 13.2 Å². The van der Waals surface area contributed by atoms with Gasteiger partial charge in [0.2, 0.25) is 0 Å². The number of ether oxygens (including phenoxy) is 2. The van der Waals surface area contributed by atoms with E-state index in [1.54, 1.807) is 23.0 Å². The number of nitrogen functional groups attached to an aromatic ring is 1. The Morgan fingerprint density at radius 3 is 2.95 bits per heavy atom. The van der Waals surface area contributed by atoms with E-state index in [9.17, 15) is 4.79 Å². The van der Waals surface area contributed by atoms with Gasteiger partial charge in [0.25, 0.3) is 0 Å². The lowest BCUT2D eigenvalue weighted by atomic mass is 10.2. The summed E-state index contributed by atoms with van der Waals surface area (Å²) in [5.74, 6) is 0.120. The molecule has 0 saturated heterocycles. The summed E-state index contributed by atoms with van der Waals surface area (Å²) in [6.07, 6.45) is 3.56. The zero-order chi connectivity index (χ0) is 13.7. The SMILES string of the molecule is COC(=O)c1ccc(OCCn2cccn2)c(N)c1.